The first kappa shape index (κ1) is 28.8. The Morgan fingerprint density at radius 3 is 2.08 bits per heavy atom. The van der Waals surface area contributed by atoms with Crippen molar-refractivity contribution >= 4 is 62.3 Å². The summed E-state index contributed by atoms with van der Waals surface area (Å²) in [6.07, 6.45) is 1.19. The molecule has 7 nitrogen and oxygen atoms in total. The first-order valence-corrected chi connectivity index (χ1v) is 14.2. The molecule has 37 heavy (non-hydrogen) atoms. The van der Waals surface area contributed by atoms with Crippen molar-refractivity contribution in [1.29, 1.82) is 0 Å². The lowest BCUT2D eigenvalue weighted by atomic mass is 10.0. The number of nitrogens with one attached hydrogen (secondary N) is 1. The van der Waals surface area contributed by atoms with E-state index in [1.807, 2.05) is 30.3 Å². The minimum Gasteiger partial charge on any atom is -0.357 e. The molecule has 0 spiro atoms. The van der Waals surface area contributed by atoms with Crippen molar-refractivity contribution in [2.75, 3.05) is 24.2 Å². The molecule has 11 heteroatoms. The summed E-state index contributed by atoms with van der Waals surface area (Å²) in [6, 6.07) is 19.5. The molecule has 0 saturated carbocycles. The van der Waals surface area contributed by atoms with Crippen LogP contribution in [0, 0.1) is 0 Å². The Kier molecular flexibility index (Phi) is 9.84. The van der Waals surface area contributed by atoms with Crippen molar-refractivity contribution in [3.05, 3.63) is 99.0 Å². The molecule has 0 aliphatic rings. The molecule has 1 unspecified atom stereocenters. The van der Waals surface area contributed by atoms with Gasteiger partial charge >= 0.3 is 0 Å². The zero-order valence-electron chi connectivity index (χ0n) is 20.2. The Labute approximate surface area is 232 Å². The van der Waals surface area contributed by atoms with Crippen molar-refractivity contribution in [2.24, 2.45) is 0 Å². The molecule has 3 aromatic rings. The summed E-state index contributed by atoms with van der Waals surface area (Å²) in [5, 5.41) is 3.46. The fraction of sp³-hybridized carbons (Fsp3) is 0.231. The van der Waals surface area contributed by atoms with Crippen LogP contribution in [0.5, 0.6) is 0 Å². The molecule has 0 fully saturated rings. The number of likely N-dealkylation sites (N-methyl/N-ethyl adjacent to an activating group) is 1. The fourth-order valence-electron chi connectivity index (χ4n) is 3.83. The number of nitrogens with zero attached hydrogens (tertiary/aromatic N) is 2. The second-order valence-electron chi connectivity index (χ2n) is 8.33. The minimum atomic E-state index is -3.93. The molecule has 0 bridgehead atoms. The minimum absolute atomic E-state index is 0.0165. The molecule has 0 heterocycles. The van der Waals surface area contributed by atoms with E-state index in [0.29, 0.717) is 10.6 Å². The van der Waals surface area contributed by atoms with E-state index in [1.54, 1.807) is 24.3 Å². The lowest BCUT2D eigenvalue weighted by molar-refractivity contribution is -0.139. The highest BCUT2D eigenvalue weighted by Crippen LogP contribution is 2.28. The van der Waals surface area contributed by atoms with Crippen LogP contribution in [0.15, 0.2) is 72.8 Å². The average molecular weight is 583 g/mol. The van der Waals surface area contributed by atoms with Crippen LogP contribution in [0.2, 0.25) is 15.1 Å². The van der Waals surface area contributed by atoms with Gasteiger partial charge in [-0.1, -0.05) is 83.3 Å². The van der Waals surface area contributed by atoms with Crippen LogP contribution >= 0.6 is 34.8 Å². The number of hydrogen-bond acceptors (Lipinski definition) is 4. The summed E-state index contributed by atoms with van der Waals surface area (Å²) >= 11 is 18.6. The lowest BCUT2D eigenvalue weighted by Gasteiger charge is -2.33. The summed E-state index contributed by atoms with van der Waals surface area (Å²) < 4.78 is 26.4. The van der Waals surface area contributed by atoms with Gasteiger partial charge in [-0.3, -0.25) is 13.9 Å². The maximum atomic E-state index is 13.8. The Hall–Kier alpha value is -2.78. The van der Waals surface area contributed by atoms with Crippen molar-refractivity contribution in [3.63, 3.8) is 0 Å². The fourth-order valence-corrected chi connectivity index (χ4v) is 5.37. The van der Waals surface area contributed by atoms with Crippen LogP contribution in [0.3, 0.4) is 0 Å². The molecular weight excluding hydrogens is 557 g/mol. The SMILES string of the molecule is CNC(=O)C(Cc1ccccc1)N(Cc1ccccc1Cl)C(=O)CN(c1cc(Cl)cc(Cl)c1)S(C)(=O)=O. The van der Waals surface area contributed by atoms with Gasteiger partial charge in [0.2, 0.25) is 21.8 Å². The van der Waals surface area contributed by atoms with Crippen LogP contribution in [0.25, 0.3) is 0 Å². The standard InChI is InChI=1S/C26H26Cl3N3O4S/c1-30-26(34)24(12-18-8-4-3-5-9-18)31(16-19-10-6-7-11-23(19)29)25(33)17-32(37(2,35)36)22-14-20(27)13-21(28)15-22/h3-11,13-15,24H,12,16-17H2,1-2H3,(H,30,34). The largest absolute Gasteiger partial charge is 0.357 e. The number of benzene rings is 3. The molecule has 0 saturated heterocycles. The number of rotatable bonds is 10. The number of amides is 2. The third-order valence-electron chi connectivity index (χ3n) is 5.63. The van der Waals surface area contributed by atoms with Gasteiger partial charge < -0.3 is 10.2 Å². The highest BCUT2D eigenvalue weighted by atomic mass is 35.5. The molecule has 0 radical (unpaired) electrons. The highest BCUT2D eigenvalue weighted by Gasteiger charge is 2.33. The Bertz CT molecular complexity index is 1350. The molecule has 196 valence electrons. The second kappa shape index (κ2) is 12.6. The van der Waals surface area contributed by atoms with Crippen molar-refractivity contribution in [3.8, 4) is 0 Å². The predicted octanol–water partition coefficient (Wildman–Crippen LogP) is 4.80. The Balaban J connectivity index is 2.06. The van der Waals surface area contributed by atoms with Gasteiger partial charge in [-0.05, 0) is 35.4 Å². The Morgan fingerprint density at radius 2 is 1.51 bits per heavy atom. The molecular formula is C26H26Cl3N3O4S. The monoisotopic (exact) mass is 581 g/mol. The maximum absolute atomic E-state index is 13.8. The Morgan fingerprint density at radius 1 is 0.919 bits per heavy atom. The zero-order chi connectivity index (χ0) is 27.2. The highest BCUT2D eigenvalue weighted by molar-refractivity contribution is 7.92. The van der Waals surface area contributed by atoms with E-state index in [9.17, 15) is 18.0 Å². The number of carbonyl (C=O) groups is 2. The van der Waals surface area contributed by atoms with Gasteiger partial charge in [0.1, 0.15) is 12.6 Å². The third kappa shape index (κ3) is 7.85. The van der Waals surface area contributed by atoms with Crippen molar-refractivity contribution in [2.45, 2.75) is 19.0 Å². The van der Waals surface area contributed by atoms with E-state index in [2.05, 4.69) is 5.32 Å². The van der Waals surface area contributed by atoms with Crippen molar-refractivity contribution in [1.82, 2.24) is 10.2 Å². The normalized spacial score (nSPS) is 12.0. The van der Waals surface area contributed by atoms with Crippen LogP contribution in [0.1, 0.15) is 11.1 Å². The molecule has 0 aliphatic carbocycles. The second-order valence-corrected chi connectivity index (χ2v) is 11.5. The molecule has 3 aromatic carbocycles. The summed E-state index contributed by atoms with van der Waals surface area (Å²) in [5.74, 6) is -1.01. The molecule has 2 amide bonds. The number of anilines is 1. The van der Waals surface area contributed by atoms with Gasteiger partial charge in [0.15, 0.2) is 0 Å². The van der Waals surface area contributed by atoms with Crippen LogP contribution in [-0.2, 0) is 32.6 Å². The topological polar surface area (TPSA) is 86.8 Å². The first-order valence-electron chi connectivity index (χ1n) is 11.2. The van der Waals surface area contributed by atoms with Gasteiger partial charge in [-0.25, -0.2) is 8.42 Å². The lowest BCUT2D eigenvalue weighted by Crippen LogP contribution is -2.52. The van der Waals surface area contributed by atoms with E-state index >= 15 is 0 Å². The number of hydrogen-bond donors (Lipinski definition) is 1. The first-order chi connectivity index (χ1) is 17.5. The average Bonchev–Trinajstić information content (AvgIpc) is 2.84. The maximum Gasteiger partial charge on any atom is 0.244 e. The van der Waals surface area contributed by atoms with Gasteiger partial charge in [0, 0.05) is 35.1 Å². The quantitative estimate of drug-likeness (QED) is 0.372. The van der Waals surface area contributed by atoms with Crippen LogP contribution in [0.4, 0.5) is 5.69 Å². The smallest absolute Gasteiger partial charge is 0.244 e. The van der Waals surface area contributed by atoms with E-state index < -0.39 is 34.4 Å². The van der Waals surface area contributed by atoms with E-state index in [-0.39, 0.29) is 28.7 Å². The van der Waals surface area contributed by atoms with Crippen LogP contribution in [-0.4, -0.2) is 51.0 Å². The van der Waals surface area contributed by atoms with Gasteiger partial charge in [-0.2, -0.15) is 0 Å². The van der Waals surface area contributed by atoms with Crippen LogP contribution < -0.4 is 9.62 Å². The third-order valence-corrected chi connectivity index (χ3v) is 7.58. The van der Waals surface area contributed by atoms with Crippen molar-refractivity contribution < 1.29 is 18.0 Å². The summed E-state index contributed by atoms with van der Waals surface area (Å²) in [7, 11) is -2.45. The molecule has 0 aromatic heterocycles. The summed E-state index contributed by atoms with van der Waals surface area (Å²) in [6.45, 7) is -0.598. The molecule has 1 atom stereocenters. The molecule has 0 aliphatic heterocycles. The summed E-state index contributed by atoms with van der Waals surface area (Å²) in [4.78, 5) is 28.3. The van der Waals surface area contributed by atoms with E-state index in [0.717, 1.165) is 16.1 Å². The predicted molar refractivity (Wildman–Crippen MR) is 149 cm³/mol. The molecule has 3 rings (SSSR count). The van der Waals surface area contributed by atoms with Gasteiger partial charge in [0.05, 0.1) is 11.9 Å². The summed E-state index contributed by atoms with van der Waals surface area (Å²) in [5.41, 5.74) is 1.57. The molecule has 1 N–H and O–H groups in total. The number of carbonyl (C=O) groups excluding carboxylic acids is 2. The van der Waals surface area contributed by atoms with E-state index in [4.69, 9.17) is 34.8 Å². The van der Waals surface area contributed by atoms with Gasteiger partial charge in [0.25, 0.3) is 0 Å². The van der Waals surface area contributed by atoms with E-state index in [1.165, 1.54) is 30.1 Å². The van der Waals surface area contributed by atoms with Gasteiger partial charge in [-0.15, -0.1) is 0 Å². The number of sulfonamides is 1. The zero-order valence-corrected chi connectivity index (χ0v) is 23.3. The number of halogens is 3.